The summed E-state index contributed by atoms with van der Waals surface area (Å²) >= 11 is 0. The molecular weight excluding hydrogens is 198 g/mol. The van der Waals surface area contributed by atoms with E-state index in [4.69, 9.17) is 10.2 Å². The Balaban J connectivity index is 2.07. The first-order valence-electron chi connectivity index (χ1n) is 5.77. The van der Waals surface area contributed by atoms with Gasteiger partial charge in [-0.25, -0.2) is 0 Å². The van der Waals surface area contributed by atoms with Crippen molar-refractivity contribution in [1.29, 1.82) is 0 Å². The van der Waals surface area contributed by atoms with E-state index in [1.54, 1.807) is 6.26 Å². The van der Waals surface area contributed by atoms with Crippen LogP contribution < -0.4 is 5.73 Å². The number of furan rings is 1. The van der Waals surface area contributed by atoms with E-state index in [-0.39, 0.29) is 0 Å². The molecule has 1 aromatic carbocycles. The molecule has 2 nitrogen and oxygen atoms in total. The Kier molecular flexibility index (Phi) is 2.29. The van der Waals surface area contributed by atoms with Gasteiger partial charge in [-0.2, -0.15) is 0 Å². The van der Waals surface area contributed by atoms with Crippen molar-refractivity contribution in [3.05, 3.63) is 47.4 Å². The van der Waals surface area contributed by atoms with Gasteiger partial charge in [-0.1, -0.05) is 18.2 Å². The summed E-state index contributed by atoms with van der Waals surface area (Å²) in [6, 6.07) is 8.70. The summed E-state index contributed by atoms with van der Waals surface area (Å²) in [7, 11) is 0. The molecule has 0 unspecified atom stereocenters. The van der Waals surface area contributed by atoms with Crippen LogP contribution in [0.3, 0.4) is 0 Å². The molecule has 0 radical (unpaired) electrons. The van der Waals surface area contributed by atoms with Gasteiger partial charge in [-0.15, -0.1) is 0 Å². The van der Waals surface area contributed by atoms with Crippen molar-refractivity contribution in [3.63, 3.8) is 0 Å². The molecule has 2 N–H and O–H groups in total. The molecule has 0 saturated heterocycles. The molecule has 1 heterocycles. The summed E-state index contributed by atoms with van der Waals surface area (Å²) in [6.07, 6.45) is 5.43. The summed E-state index contributed by atoms with van der Waals surface area (Å²) in [4.78, 5) is 0. The molecule has 0 saturated carbocycles. The van der Waals surface area contributed by atoms with Gasteiger partial charge in [0, 0.05) is 5.56 Å². The van der Waals surface area contributed by atoms with Gasteiger partial charge in [0.25, 0.3) is 0 Å². The minimum atomic E-state index is 0.458. The normalized spacial score (nSPS) is 14.1. The zero-order chi connectivity index (χ0) is 11.0. The van der Waals surface area contributed by atoms with Crippen LogP contribution in [-0.2, 0) is 19.4 Å². The Labute approximate surface area is 95.1 Å². The number of hydrogen-bond acceptors (Lipinski definition) is 2. The van der Waals surface area contributed by atoms with Gasteiger partial charge in [0.2, 0.25) is 0 Å². The van der Waals surface area contributed by atoms with Gasteiger partial charge in [-0.3, -0.25) is 0 Å². The molecular formula is C14H15NO. The molecule has 2 aromatic rings. The van der Waals surface area contributed by atoms with Crippen LogP contribution in [-0.4, -0.2) is 0 Å². The summed E-state index contributed by atoms with van der Waals surface area (Å²) in [5.41, 5.74) is 11.0. The van der Waals surface area contributed by atoms with Crippen LogP contribution in [0.1, 0.15) is 23.3 Å². The van der Waals surface area contributed by atoms with E-state index in [9.17, 15) is 0 Å². The van der Waals surface area contributed by atoms with E-state index in [2.05, 4.69) is 18.2 Å². The van der Waals surface area contributed by atoms with Crippen molar-refractivity contribution < 1.29 is 4.42 Å². The second-order valence-corrected chi connectivity index (χ2v) is 4.30. The van der Waals surface area contributed by atoms with Gasteiger partial charge in [0.05, 0.1) is 12.8 Å². The van der Waals surface area contributed by atoms with Crippen molar-refractivity contribution in [1.82, 2.24) is 0 Å². The maximum absolute atomic E-state index is 5.65. The molecule has 0 spiro atoms. The largest absolute Gasteiger partial charge is 0.467 e. The van der Waals surface area contributed by atoms with E-state index in [0.29, 0.717) is 6.54 Å². The average Bonchev–Trinajstić information content (AvgIpc) is 2.96. The topological polar surface area (TPSA) is 39.2 Å². The summed E-state index contributed by atoms with van der Waals surface area (Å²) in [5, 5.41) is 0. The molecule has 0 bridgehead atoms. The van der Waals surface area contributed by atoms with Crippen molar-refractivity contribution in [2.75, 3.05) is 0 Å². The first-order chi connectivity index (χ1) is 7.88. The van der Waals surface area contributed by atoms with E-state index in [0.717, 1.165) is 11.3 Å². The number of aryl methyl sites for hydroxylation is 2. The summed E-state index contributed by atoms with van der Waals surface area (Å²) in [5.74, 6) is 0.873. The fourth-order valence-corrected chi connectivity index (χ4v) is 2.50. The lowest BCUT2D eigenvalue weighted by Gasteiger charge is -2.04. The lowest BCUT2D eigenvalue weighted by atomic mass is 10.0. The van der Waals surface area contributed by atoms with Crippen LogP contribution in [0.5, 0.6) is 0 Å². The van der Waals surface area contributed by atoms with Crippen molar-refractivity contribution in [3.8, 4) is 11.1 Å². The molecule has 0 amide bonds. The predicted octanol–water partition coefficient (Wildman–Crippen LogP) is 2.89. The SMILES string of the molecule is NCc1occc1-c1ccc2c(c1)CCC2. The molecule has 3 rings (SSSR count). The number of hydrogen-bond donors (Lipinski definition) is 1. The maximum atomic E-state index is 5.65. The fraction of sp³-hybridized carbons (Fsp3) is 0.286. The van der Waals surface area contributed by atoms with Gasteiger partial charge >= 0.3 is 0 Å². The summed E-state index contributed by atoms with van der Waals surface area (Å²) in [6.45, 7) is 0.458. The first kappa shape index (κ1) is 9.67. The molecule has 1 aliphatic rings. The van der Waals surface area contributed by atoms with Crippen LogP contribution in [0.4, 0.5) is 0 Å². The van der Waals surface area contributed by atoms with E-state index >= 15 is 0 Å². The Morgan fingerprint density at radius 1 is 1.12 bits per heavy atom. The zero-order valence-electron chi connectivity index (χ0n) is 9.20. The third-order valence-corrected chi connectivity index (χ3v) is 3.34. The second kappa shape index (κ2) is 3.80. The predicted molar refractivity (Wildman–Crippen MR) is 64.1 cm³/mol. The van der Waals surface area contributed by atoms with E-state index in [1.165, 1.54) is 36.0 Å². The van der Waals surface area contributed by atoms with Crippen molar-refractivity contribution >= 4 is 0 Å². The van der Waals surface area contributed by atoms with Crippen LogP contribution >= 0.6 is 0 Å². The highest BCUT2D eigenvalue weighted by Gasteiger charge is 2.13. The van der Waals surface area contributed by atoms with Gasteiger partial charge in [0.1, 0.15) is 5.76 Å². The molecule has 16 heavy (non-hydrogen) atoms. The van der Waals surface area contributed by atoms with Crippen LogP contribution in [0.2, 0.25) is 0 Å². The Morgan fingerprint density at radius 2 is 2.00 bits per heavy atom. The maximum Gasteiger partial charge on any atom is 0.125 e. The Hall–Kier alpha value is -1.54. The molecule has 1 aromatic heterocycles. The van der Waals surface area contributed by atoms with Gasteiger partial charge in [0.15, 0.2) is 0 Å². The molecule has 0 fully saturated rings. The number of rotatable bonds is 2. The minimum absolute atomic E-state index is 0.458. The van der Waals surface area contributed by atoms with E-state index < -0.39 is 0 Å². The molecule has 1 aliphatic carbocycles. The third-order valence-electron chi connectivity index (χ3n) is 3.34. The van der Waals surface area contributed by atoms with Crippen LogP contribution in [0, 0.1) is 0 Å². The van der Waals surface area contributed by atoms with Crippen LogP contribution in [0.15, 0.2) is 34.9 Å². The summed E-state index contributed by atoms with van der Waals surface area (Å²) < 4.78 is 5.36. The molecule has 82 valence electrons. The standard InChI is InChI=1S/C14H15NO/c15-9-14-13(6-7-16-14)12-5-4-10-2-1-3-11(10)8-12/h4-8H,1-3,9,15H2. The van der Waals surface area contributed by atoms with Crippen molar-refractivity contribution in [2.45, 2.75) is 25.8 Å². The van der Waals surface area contributed by atoms with Crippen molar-refractivity contribution in [2.24, 2.45) is 5.73 Å². The Bertz CT molecular complexity index is 513. The monoisotopic (exact) mass is 213 g/mol. The van der Waals surface area contributed by atoms with Gasteiger partial charge < -0.3 is 10.2 Å². The number of nitrogens with two attached hydrogens (primary N) is 1. The molecule has 2 heteroatoms. The molecule has 0 aliphatic heterocycles. The lowest BCUT2D eigenvalue weighted by molar-refractivity contribution is 0.513. The zero-order valence-corrected chi connectivity index (χ0v) is 9.20. The average molecular weight is 213 g/mol. The quantitative estimate of drug-likeness (QED) is 0.833. The third kappa shape index (κ3) is 1.46. The van der Waals surface area contributed by atoms with Gasteiger partial charge in [-0.05, 0) is 42.0 Å². The lowest BCUT2D eigenvalue weighted by Crippen LogP contribution is -1.96. The highest BCUT2D eigenvalue weighted by molar-refractivity contribution is 5.67. The highest BCUT2D eigenvalue weighted by atomic mass is 16.3. The fourth-order valence-electron chi connectivity index (χ4n) is 2.50. The number of fused-ring (bicyclic) bond motifs is 1. The molecule has 0 atom stereocenters. The number of benzene rings is 1. The first-order valence-corrected chi connectivity index (χ1v) is 5.77. The Morgan fingerprint density at radius 3 is 2.88 bits per heavy atom. The van der Waals surface area contributed by atoms with Crippen LogP contribution in [0.25, 0.3) is 11.1 Å². The van der Waals surface area contributed by atoms with E-state index in [1.807, 2.05) is 6.07 Å². The highest BCUT2D eigenvalue weighted by Crippen LogP contribution is 2.30. The minimum Gasteiger partial charge on any atom is -0.467 e. The second-order valence-electron chi connectivity index (χ2n) is 4.30. The smallest absolute Gasteiger partial charge is 0.125 e.